The van der Waals surface area contributed by atoms with E-state index < -0.39 is 0 Å². The van der Waals surface area contributed by atoms with Crippen LogP contribution in [0, 0.1) is 0 Å². The Morgan fingerprint density at radius 1 is 0.941 bits per heavy atom. The molecule has 0 heterocycles. The van der Waals surface area contributed by atoms with Crippen LogP contribution in [0.1, 0.15) is 98.6 Å². The van der Waals surface area contributed by atoms with Gasteiger partial charge in [0, 0.05) is 21.9 Å². The summed E-state index contributed by atoms with van der Waals surface area (Å²) in [5.41, 5.74) is 3.12. The molecule has 1 aromatic rings. The molecule has 1 fully saturated rings. The number of carbonyl (C=O) groups is 1. The van der Waals surface area contributed by atoms with Crippen LogP contribution in [0.25, 0.3) is 0 Å². The Bertz CT molecular complexity index is 730. The first kappa shape index (κ1) is 29.6. The summed E-state index contributed by atoms with van der Waals surface area (Å²) in [5.74, 6) is 0.783. The molecule has 0 unspecified atom stereocenters. The van der Waals surface area contributed by atoms with Crippen LogP contribution in [0.3, 0.4) is 0 Å². The van der Waals surface area contributed by atoms with Crippen LogP contribution in [-0.4, -0.2) is 53.2 Å². The number of thioether (sulfide) groups is 2. The Morgan fingerprint density at radius 3 is 2.03 bits per heavy atom. The lowest BCUT2D eigenvalue weighted by molar-refractivity contribution is -0.118. The number of nitrogens with zero attached hydrogens (tertiary/aromatic N) is 1. The zero-order valence-electron chi connectivity index (χ0n) is 23.1. The van der Waals surface area contributed by atoms with Gasteiger partial charge in [-0.1, -0.05) is 74.3 Å². The van der Waals surface area contributed by atoms with Crippen molar-refractivity contribution in [3.8, 4) is 0 Å². The Morgan fingerprint density at radius 2 is 1.50 bits per heavy atom. The van der Waals surface area contributed by atoms with Gasteiger partial charge in [0.15, 0.2) is 0 Å². The maximum Gasteiger partial charge on any atom is 0.230 e. The molecule has 0 saturated heterocycles. The van der Waals surface area contributed by atoms with E-state index in [1.54, 1.807) is 0 Å². The van der Waals surface area contributed by atoms with E-state index in [-0.39, 0.29) is 16.7 Å². The van der Waals surface area contributed by atoms with Crippen molar-refractivity contribution < 1.29 is 4.79 Å². The third kappa shape index (κ3) is 9.78. The maximum absolute atomic E-state index is 12.5. The highest BCUT2D eigenvalue weighted by atomic mass is 32.2. The summed E-state index contributed by atoms with van der Waals surface area (Å²) in [6.07, 6.45) is 6.09. The van der Waals surface area contributed by atoms with Crippen LogP contribution in [0.2, 0.25) is 0 Å². The third-order valence-corrected chi connectivity index (χ3v) is 9.83. The zero-order valence-corrected chi connectivity index (χ0v) is 24.8. The smallest absolute Gasteiger partial charge is 0.230 e. The van der Waals surface area contributed by atoms with Gasteiger partial charge >= 0.3 is 0 Å². The molecule has 5 heteroatoms. The number of carbonyl (C=O) groups excluding carboxylic acids is 1. The molecule has 0 bridgehead atoms. The fraction of sp³-hybridized carbons (Fsp3) is 0.759. The van der Waals surface area contributed by atoms with Gasteiger partial charge in [0.25, 0.3) is 0 Å². The van der Waals surface area contributed by atoms with Crippen LogP contribution in [0.4, 0.5) is 0 Å². The van der Waals surface area contributed by atoms with Crippen LogP contribution in [0.5, 0.6) is 0 Å². The molecule has 0 aliphatic heterocycles. The molecule has 2 atom stereocenters. The van der Waals surface area contributed by atoms with E-state index in [1.807, 2.05) is 11.8 Å². The molecular weight excluding hydrogens is 456 g/mol. The quantitative estimate of drug-likeness (QED) is 0.320. The minimum absolute atomic E-state index is 0.140. The lowest BCUT2D eigenvalue weighted by Crippen LogP contribution is -2.32. The van der Waals surface area contributed by atoms with Crippen LogP contribution < -0.4 is 5.32 Å². The summed E-state index contributed by atoms with van der Waals surface area (Å²) < 4.78 is 0. The molecule has 0 aromatic heterocycles. The van der Waals surface area contributed by atoms with Crippen LogP contribution in [0.15, 0.2) is 23.1 Å². The van der Waals surface area contributed by atoms with Crippen molar-refractivity contribution in [2.75, 3.05) is 31.9 Å². The number of hydrogen-bond donors (Lipinski definition) is 1. The first-order chi connectivity index (χ1) is 15.9. The highest BCUT2D eigenvalue weighted by molar-refractivity contribution is 8.04. The largest absolute Gasteiger partial charge is 0.355 e. The van der Waals surface area contributed by atoms with Crippen molar-refractivity contribution in [2.24, 2.45) is 0 Å². The molecule has 2 rings (SSSR count). The SMILES string of the molecule is CCN(CC)CCCNC(=O)CS[C@@H]1CCCC[C@H]1Sc1cc(C(C)(C)C)cc(C(C)(C)C)c1. The molecule has 0 radical (unpaired) electrons. The van der Waals surface area contributed by atoms with Crippen molar-refractivity contribution in [3.63, 3.8) is 0 Å². The van der Waals surface area contributed by atoms with Gasteiger partial charge in [-0.15, -0.1) is 23.5 Å². The highest BCUT2D eigenvalue weighted by Crippen LogP contribution is 2.41. The predicted octanol–water partition coefficient (Wildman–Crippen LogP) is 7.27. The van der Waals surface area contributed by atoms with E-state index in [1.165, 1.54) is 41.7 Å². The molecule has 1 aromatic carbocycles. The van der Waals surface area contributed by atoms with E-state index in [4.69, 9.17) is 0 Å². The third-order valence-electron chi connectivity index (χ3n) is 6.86. The summed E-state index contributed by atoms with van der Waals surface area (Å²) >= 11 is 3.94. The predicted molar refractivity (Wildman–Crippen MR) is 154 cm³/mol. The van der Waals surface area contributed by atoms with Crippen molar-refractivity contribution in [1.82, 2.24) is 10.2 Å². The van der Waals surface area contributed by atoms with Gasteiger partial charge in [0.1, 0.15) is 0 Å². The van der Waals surface area contributed by atoms with Crippen molar-refractivity contribution in [3.05, 3.63) is 29.3 Å². The molecule has 34 heavy (non-hydrogen) atoms. The number of nitrogens with one attached hydrogen (secondary N) is 1. The molecule has 1 aliphatic carbocycles. The van der Waals surface area contributed by atoms with Gasteiger partial charge in [0.2, 0.25) is 5.91 Å². The van der Waals surface area contributed by atoms with Gasteiger partial charge < -0.3 is 10.2 Å². The average molecular weight is 507 g/mol. The topological polar surface area (TPSA) is 32.3 Å². The van der Waals surface area contributed by atoms with Crippen molar-refractivity contribution in [2.45, 2.75) is 114 Å². The van der Waals surface area contributed by atoms with Crippen molar-refractivity contribution in [1.29, 1.82) is 0 Å². The Kier molecular flexibility index (Phi) is 11.8. The van der Waals surface area contributed by atoms with E-state index in [0.29, 0.717) is 16.3 Å². The zero-order chi connectivity index (χ0) is 25.4. The van der Waals surface area contributed by atoms with Crippen LogP contribution >= 0.6 is 23.5 Å². The van der Waals surface area contributed by atoms with Gasteiger partial charge in [-0.2, -0.15) is 0 Å². The first-order valence-electron chi connectivity index (χ1n) is 13.4. The molecule has 1 N–H and O–H groups in total. The second-order valence-electron chi connectivity index (χ2n) is 11.8. The van der Waals surface area contributed by atoms with Gasteiger partial charge in [0.05, 0.1) is 5.75 Å². The summed E-state index contributed by atoms with van der Waals surface area (Å²) in [6, 6.07) is 7.24. The number of benzene rings is 1. The second-order valence-corrected chi connectivity index (χ2v) is 14.3. The van der Waals surface area contributed by atoms with E-state index in [9.17, 15) is 4.79 Å². The summed E-state index contributed by atoms with van der Waals surface area (Å²) in [7, 11) is 0. The summed E-state index contributed by atoms with van der Waals surface area (Å²) in [5, 5.41) is 4.28. The standard InChI is InChI=1S/C29H50N2OS2/c1-9-31(10-2)17-13-16-30-27(32)21-33-25-14-11-12-15-26(25)34-24-19-22(28(3,4)5)18-23(20-24)29(6,7)8/h18-20,25-26H,9-17,21H2,1-8H3,(H,30,32)/t25-,26-/m1/s1. The number of hydrogen-bond acceptors (Lipinski definition) is 4. The molecule has 1 amide bonds. The Hall–Kier alpha value is -0.650. The van der Waals surface area contributed by atoms with Gasteiger partial charge in [-0.05, 0) is 73.0 Å². The molecule has 1 saturated carbocycles. The van der Waals surface area contributed by atoms with E-state index in [0.717, 1.165) is 32.6 Å². The molecule has 1 aliphatic rings. The first-order valence-corrected chi connectivity index (χ1v) is 15.3. The van der Waals surface area contributed by atoms with Crippen molar-refractivity contribution >= 4 is 29.4 Å². The highest BCUT2D eigenvalue weighted by Gasteiger charge is 2.28. The maximum atomic E-state index is 12.5. The fourth-order valence-corrected chi connectivity index (χ4v) is 7.27. The lowest BCUT2D eigenvalue weighted by atomic mass is 9.81. The normalized spacial score (nSPS) is 19.4. The van der Waals surface area contributed by atoms with Gasteiger partial charge in [-0.3, -0.25) is 4.79 Å². The Balaban J connectivity index is 1.97. The summed E-state index contributed by atoms with van der Waals surface area (Å²) in [6.45, 7) is 22.2. The van der Waals surface area contributed by atoms with Crippen LogP contribution in [-0.2, 0) is 15.6 Å². The molecular formula is C29H50N2OS2. The molecule has 194 valence electrons. The number of rotatable bonds is 11. The fourth-order valence-electron chi connectivity index (χ4n) is 4.40. The van der Waals surface area contributed by atoms with Gasteiger partial charge in [-0.25, -0.2) is 0 Å². The lowest BCUT2D eigenvalue weighted by Gasteiger charge is -2.32. The average Bonchev–Trinajstić information content (AvgIpc) is 2.77. The minimum Gasteiger partial charge on any atom is -0.355 e. The summed E-state index contributed by atoms with van der Waals surface area (Å²) in [4.78, 5) is 16.3. The monoisotopic (exact) mass is 506 g/mol. The van der Waals surface area contributed by atoms with E-state index >= 15 is 0 Å². The minimum atomic E-state index is 0.140. The molecule has 3 nitrogen and oxygen atoms in total. The number of amides is 1. The Labute approximate surface area is 219 Å². The van der Waals surface area contributed by atoms with E-state index in [2.05, 4.69) is 95.6 Å². The molecule has 0 spiro atoms. The second kappa shape index (κ2) is 13.6.